The third kappa shape index (κ3) is 2.62. The van der Waals surface area contributed by atoms with Gasteiger partial charge in [0.25, 0.3) is 5.91 Å². The molecule has 1 amide bonds. The van der Waals surface area contributed by atoms with Gasteiger partial charge >= 0.3 is 5.97 Å². The number of carbonyl (C=O) groups excluding carboxylic acids is 1. The molecule has 2 N–H and O–H groups in total. The fraction of sp³-hybridized carbons (Fsp3) is 0.385. The zero-order valence-corrected chi connectivity index (χ0v) is 10.8. The summed E-state index contributed by atoms with van der Waals surface area (Å²) in [6, 6.07) is 5.40. The maximum atomic E-state index is 12.1. The molecule has 0 aromatic heterocycles. The molecule has 19 heavy (non-hydrogen) atoms. The van der Waals surface area contributed by atoms with Crippen molar-refractivity contribution in [1.29, 1.82) is 0 Å². The molecule has 1 unspecified atom stereocenters. The monoisotopic (exact) mass is 264 g/mol. The van der Waals surface area contributed by atoms with E-state index >= 15 is 0 Å². The van der Waals surface area contributed by atoms with Crippen LogP contribution in [0.2, 0.25) is 0 Å². The summed E-state index contributed by atoms with van der Waals surface area (Å²) in [4.78, 5) is 24.2. The molecule has 6 nitrogen and oxygen atoms in total. The van der Waals surface area contributed by atoms with Crippen LogP contribution in [-0.4, -0.2) is 36.7 Å². The standard InChI is InChI=1S/C13H16N2O4/c1-8-13(18)15(6-5-12(16)17)10-7-9(14-2)3-4-11(10)19-8/h3-4,7-8,14H,5-6H2,1-2H3,(H,16,17). The van der Waals surface area contributed by atoms with E-state index in [1.54, 1.807) is 26.1 Å². The number of ether oxygens (including phenoxy) is 1. The van der Waals surface area contributed by atoms with E-state index in [0.717, 1.165) is 5.69 Å². The number of carboxylic acid groups (broad SMARTS) is 1. The number of aliphatic carboxylic acids is 1. The van der Waals surface area contributed by atoms with Crippen molar-refractivity contribution in [2.45, 2.75) is 19.4 Å². The fourth-order valence-corrected chi connectivity index (χ4v) is 2.00. The highest BCUT2D eigenvalue weighted by Crippen LogP contribution is 2.36. The number of carboxylic acids is 1. The van der Waals surface area contributed by atoms with Crippen LogP contribution < -0.4 is 15.0 Å². The number of anilines is 2. The van der Waals surface area contributed by atoms with Gasteiger partial charge in [0.05, 0.1) is 12.1 Å². The maximum Gasteiger partial charge on any atom is 0.305 e. The normalized spacial score (nSPS) is 17.7. The first-order valence-electron chi connectivity index (χ1n) is 6.04. The van der Waals surface area contributed by atoms with Gasteiger partial charge in [-0.15, -0.1) is 0 Å². The van der Waals surface area contributed by atoms with Gasteiger partial charge in [0.1, 0.15) is 5.75 Å². The van der Waals surface area contributed by atoms with Gasteiger partial charge in [-0.05, 0) is 25.1 Å². The molecule has 0 fully saturated rings. The summed E-state index contributed by atoms with van der Waals surface area (Å²) in [5.74, 6) is -0.559. The Morgan fingerprint density at radius 1 is 1.53 bits per heavy atom. The Kier molecular flexibility index (Phi) is 3.59. The Morgan fingerprint density at radius 2 is 2.26 bits per heavy atom. The van der Waals surface area contributed by atoms with Crippen molar-refractivity contribution >= 4 is 23.3 Å². The van der Waals surface area contributed by atoms with Crippen LogP contribution in [0.25, 0.3) is 0 Å². The van der Waals surface area contributed by atoms with E-state index in [2.05, 4.69) is 5.32 Å². The van der Waals surface area contributed by atoms with Crippen LogP contribution in [0.4, 0.5) is 11.4 Å². The summed E-state index contributed by atoms with van der Waals surface area (Å²) in [7, 11) is 1.78. The maximum absolute atomic E-state index is 12.1. The van der Waals surface area contributed by atoms with E-state index in [0.29, 0.717) is 11.4 Å². The van der Waals surface area contributed by atoms with Crippen molar-refractivity contribution in [3.05, 3.63) is 18.2 Å². The van der Waals surface area contributed by atoms with Crippen molar-refractivity contribution < 1.29 is 19.4 Å². The first-order valence-corrected chi connectivity index (χ1v) is 6.04. The lowest BCUT2D eigenvalue weighted by Crippen LogP contribution is -2.45. The SMILES string of the molecule is CNc1ccc2c(c1)N(CCC(=O)O)C(=O)C(C)O2. The Bertz CT molecular complexity index is 515. The molecule has 0 bridgehead atoms. The minimum atomic E-state index is -0.932. The Morgan fingerprint density at radius 3 is 2.89 bits per heavy atom. The predicted molar refractivity (Wildman–Crippen MR) is 70.7 cm³/mol. The minimum absolute atomic E-state index is 0.0956. The van der Waals surface area contributed by atoms with Crippen molar-refractivity contribution in [1.82, 2.24) is 0 Å². The van der Waals surface area contributed by atoms with Crippen molar-refractivity contribution in [2.75, 3.05) is 23.8 Å². The molecule has 0 radical (unpaired) electrons. The Hall–Kier alpha value is -2.24. The Balaban J connectivity index is 2.35. The van der Waals surface area contributed by atoms with Crippen LogP contribution in [0, 0.1) is 0 Å². The first-order chi connectivity index (χ1) is 9.02. The summed E-state index contributed by atoms with van der Waals surface area (Å²) in [5.41, 5.74) is 1.45. The smallest absolute Gasteiger partial charge is 0.305 e. The second kappa shape index (κ2) is 5.17. The van der Waals surface area contributed by atoms with Gasteiger partial charge < -0.3 is 20.1 Å². The number of hydrogen-bond acceptors (Lipinski definition) is 4. The zero-order chi connectivity index (χ0) is 14.0. The highest BCUT2D eigenvalue weighted by atomic mass is 16.5. The summed E-state index contributed by atoms with van der Waals surface area (Å²) in [6.07, 6.45) is -0.691. The molecule has 0 saturated heterocycles. The van der Waals surface area contributed by atoms with Gasteiger partial charge in [0, 0.05) is 19.3 Å². The number of hydrogen-bond donors (Lipinski definition) is 2. The highest BCUT2D eigenvalue weighted by molar-refractivity contribution is 6.00. The molecule has 1 atom stereocenters. The molecule has 2 rings (SSSR count). The van der Waals surface area contributed by atoms with Crippen LogP contribution in [0.1, 0.15) is 13.3 Å². The molecule has 1 aromatic carbocycles. The molecule has 6 heteroatoms. The molecule has 0 aliphatic carbocycles. The molecule has 1 aliphatic heterocycles. The lowest BCUT2D eigenvalue weighted by Gasteiger charge is -2.33. The lowest BCUT2D eigenvalue weighted by atomic mass is 10.1. The summed E-state index contributed by atoms with van der Waals surface area (Å²) in [6.45, 7) is 1.80. The number of nitrogens with zero attached hydrogens (tertiary/aromatic N) is 1. The van der Waals surface area contributed by atoms with E-state index in [1.165, 1.54) is 4.90 Å². The number of amides is 1. The summed E-state index contributed by atoms with van der Waals surface area (Å²) >= 11 is 0. The summed E-state index contributed by atoms with van der Waals surface area (Å²) in [5, 5.41) is 11.7. The lowest BCUT2D eigenvalue weighted by molar-refractivity contribution is -0.136. The van der Waals surface area contributed by atoms with E-state index in [9.17, 15) is 9.59 Å². The summed E-state index contributed by atoms with van der Waals surface area (Å²) < 4.78 is 5.51. The minimum Gasteiger partial charge on any atom is -0.481 e. The number of rotatable bonds is 4. The quantitative estimate of drug-likeness (QED) is 0.857. The molecule has 1 aromatic rings. The van der Waals surface area contributed by atoms with E-state index < -0.39 is 12.1 Å². The average molecular weight is 264 g/mol. The fourth-order valence-electron chi connectivity index (χ4n) is 2.00. The van der Waals surface area contributed by atoms with Gasteiger partial charge in [-0.3, -0.25) is 9.59 Å². The van der Waals surface area contributed by atoms with Gasteiger partial charge in [-0.2, -0.15) is 0 Å². The van der Waals surface area contributed by atoms with Crippen LogP contribution in [0.15, 0.2) is 18.2 Å². The van der Waals surface area contributed by atoms with Gasteiger partial charge in [0.15, 0.2) is 6.10 Å². The first kappa shape index (κ1) is 13.2. The largest absolute Gasteiger partial charge is 0.481 e. The van der Waals surface area contributed by atoms with E-state index in [-0.39, 0.29) is 18.9 Å². The van der Waals surface area contributed by atoms with Crippen LogP contribution >= 0.6 is 0 Å². The average Bonchev–Trinajstić information content (AvgIpc) is 2.38. The topological polar surface area (TPSA) is 78.9 Å². The van der Waals surface area contributed by atoms with E-state index in [4.69, 9.17) is 9.84 Å². The number of fused-ring (bicyclic) bond motifs is 1. The third-order valence-corrected chi connectivity index (χ3v) is 3.01. The molecular formula is C13H16N2O4. The van der Waals surface area contributed by atoms with Crippen LogP contribution in [0.5, 0.6) is 5.75 Å². The number of benzene rings is 1. The van der Waals surface area contributed by atoms with Crippen molar-refractivity contribution in [3.63, 3.8) is 0 Å². The molecule has 102 valence electrons. The van der Waals surface area contributed by atoms with Gasteiger partial charge in [0.2, 0.25) is 0 Å². The van der Waals surface area contributed by atoms with E-state index in [1.807, 2.05) is 6.07 Å². The molecule has 0 saturated carbocycles. The third-order valence-electron chi connectivity index (χ3n) is 3.01. The van der Waals surface area contributed by atoms with Gasteiger partial charge in [-0.1, -0.05) is 0 Å². The molecule has 1 heterocycles. The molecule has 0 spiro atoms. The molecular weight excluding hydrogens is 248 g/mol. The number of nitrogens with one attached hydrogen (secondary N) is 1. The molecule has 1 aliphatic rings. The Labute approximate surface area is 111 Å². The predicted octanol–water partition coefficient (Wildman–Crippen LogP) is 1.32. The second-order valence-corrected chi connectivity index (χ2v) is 4.33. The van der Waals surface area contributed by atoms with Crippen molar-refractivity contribution in [2.24, 2.45) is 0 Å². The zero-order valence-electron chi connectivity index (χ0n) is 10.8. The number of carbonyl (C=O) groups is 2. The van der Waals surface area contributed by atoms with Crippen molar-refractivity contribution in [3.8, 4) is 5.75 Å². The van der Waals surface area contributed by atoms with Crippen LogP contribution in [0.3, 0.4) is 0 Å². The second-order valence-electron chi connectivity index (χ2n) is 4.33. The highest BCUT2D eigenvalue weighted by Gasteiger charge is 2.31. The van der Waals surface area contributed by atoms with Crippen LogP contribution in [-0.2, 0) is 9.59 Å². The van der Waals surface area contributed by atoms with Gasteiger partial charge in [-0.25, -0.2) is 0 Å².